The van der Waals surface area contributed by atoms with Gasteiger partial charge in [0.05, 0.1) is 6.54 Å². The Morgan fingerprint density at radius 1 is 1.14 bits per heavy atom. The third-order valence-corrected chi connectivity index (χ3v) is 2.84. The van der Waals surface area contributed by atoms with E-state index in [2.05, 4.69) is 10.6 Å². The molecule has 1 aromatic rings. The largest absolute Gasteiger partial charge is 0.480 e. The molecule has 0 fully saturated rings. The molecule has 0 radical (unpaired) electrons. The quantitative estimate of drug-likeness (QED) is 0.657. The second-order valence-corrected chi connectivity index (χ2v) is 4.67. The molecule has 1 atom stereocenters. The highest BCUT2D eigenvalue weighted by Crippen LogP contribution is 2.03. The molecule has 3 N–H and O–H groups in total. The maximum absolute atomic E-state index is 11.7. The Bertz CT molecular complexity index is 488. The van der Waals surface area contributed by atoms with Gasteiger partial charge in [0.15, 0.2) is 0 Å². The van der Waals surface area contributed by atoms with E-state index in [1.807, 2.05) is 13.0 Å². The fourth-order valence-electron chi connectivity index (χ4n) is 1.79. The van der Waals surface area contributed by atoms with Crippen LogP contribution < -0.4 is 10.6 Å². The standard InChI is InChI=1S/C15H20N2O4/c1-2-6-13(18)16-10-14(19)17-12(15(20)21)9-11-7-4-3-5-8-11/h3-5,7-8,12H,2,6,9-10H2,1H3,(H,16,18)(H,17,19)(H,20,21). The summed E-state index contributed by atoms with van der Waals surface area (Å²) in [6.45, 7) is 1.65. The molecule has 0 aliphatic carbocycles. The minimum absolute atomic E-state index is 0.199. The van der Waals surface area contributed by atoms with Crippen LogP contribution in [0.2, 0.25) is 0 Å². The Labute approximate surface area is 123 Å². The number of benzene rings is 1. The molecule has 1 unspecified atom stereocenters. The van der Waals surface area contributed by atoms with Crippen LogP contribution in [0.4, 0.5) is 0 Å². The lowest BCUT2D eigenvalue weighted by Gasteiger charge is -2.15. The van der Waals surface area contributed by atoms with E-state index in [1.54, 1.807) is 24.3 Å². The first-order chi connectivity index (χ1) is 10.0. The Morgan fingerprint density at radius 2 is 1.81 bits per heavy atom. The van der Waals surface area contributed by atoms with Crippen LogP contribution in [0, 0.1) is 0 Å². The van der Waals surface area contributed by atoms with Gasteiger partial charge < -0.3 is 15.7 Å². The van der Waals surface area contributed by atoms with Crippen molar-refractivity contribution in [1.29, 1.82) is 0 Å². The summed E-state index contributed by atoms with van der Waals surface area (Å²) < 4.78 is 0. The number of nitrogens with one attached hydrogen (secondary N) is 2. The molecule has 0 bridgehead atoms. The maximum Gasteiger partial charge on any atom is 0.326 e. The molecule has 2 amide bonds. The van der Waals surface area contributed by atoms with Crippen molar-refractivity contribution in [2.24, 2.45) is 0 Å². The summed E-state index contributed by atoms with van der Waals surface area (Å²) in [6.07, 6.45) is 1.24. The first-order valence-corrected chi connectivity index (χ1v) is 6.85. The van der Waals surface area contributed by atoms with Crippen LogP contribution in [0.5, 0.6) is 0 Å². The minimum Gasteiger partial charge on any atom is -0.480 e. The zero-order valence-electron chi connectivity index (χ0n) is 12.0. The van der Waals surface area contributed by atoms with Crippen molar-refractivity contribution in [1.82, 2.24) is 10.6 Å². The lowest BCUT2D eigenvalue weighted by Crippen LogP contribution is -2.46. The molecule has 0 spiro atoms. The van der Waals surface area contributed by atoms with Crippen molar-refractivity contribution < 1.29 is 19.5 Å². The smallest absolute Gasteiger partial charge is 0.326 e. The number of hydrogen-bond acceptors (Lipinski definition) is 3. The highest BCUT2D eigenvalue weighted by atomic mass is 16.4. The molecule has 6 nitrogen and oxygen atoms in total. The molecule has 0 aliphatic heterocycles. The third-order valence-electron chi connectivity index (χ3n) is 2.84. The number of rotatable bonds is 8. The van der Waals surface area contributed by atoms with E-state index >= 15 is 0 Å². The number of carboxylic acid groups (broad SMARTS) is 1. The van der Waals surface area contributed by atoms with Gasteiger partial charge in [0, 0.05) is 12.8 Å². The number of hydrogen-bond donors (Lipinski definition) is 3. The predicted molar refractivity (Wildman–Crippen MR) is 77.6 cm³/mol. The van der Waals surface area contributed by atoms with Crippen LogP contribution in [0.3, 0.4) is 0 Å². The van der Waals surface area contributed by atoms with Crippen LogP contribution >= 0.6 is 0 Å². The Morgan fingerprint density at radius 3 is 2.38 bits per heavy atom. The highest BCUT2D eigenvalue weighted by Gasteiger charge is 2.20. The molecule has 0 saturated heterocycles. The summed E-state index contributed by atoms with van der Waals surface area (Å²) in [5.74, 6) is -1.84. The maximum atomic E-state index is 11.7. The van der Waals surface area contributed by atoms with Gasteiger partial charge in [-0.05, 0) is 12.0 Å². The van der Waals surface area contributed by atoms with E-state index in [0.29, 0.717) is 12.8 Å². The van der Waals surface area contributed by atoms with E-state index in [-0.39, 0.29) is 18.9 Å². The Hall–Kier alpha value is -2.37. The lowest BCUT2D eigenvalue weighted by atomic mass is 10.1. The topological polar surface area (TPSA) is 95.5 Å². The third kappa shape index (κ3) is 6.56. The van der Waals surface area contributed by atoms with Gasteiger partial charge >= 0.3 is 5.97 Å². The molecule has 21 heavy (non-hydrogen) atoms. The Balaban J connectivity index is 2.49. The fourth-order valence-corrected chi connectivity index (χ4v) is 1.79. The number of carbonyl (C=O) groups is 3. The predicted octanol–water partition coefficient (Wildman–Crippen LogP) is 0.715. The van der Waals surface area contributed by atoms with E-state index in [9.17, 15) is 14.4 Å². The van der Waals surface area contributed by atoms with Crippen molar-refractivity contribution in [3.8, 4) is 0 Å². The molecular weight excluding hydrogens is 272 g/mol. The van der Waals surface area contributed by atoms with Gasteiger partial charge in [-0.2, -0.15) is 0 Å². The molecule has 6 heteroatoms. The van der Waals surface area contributed by atoms with Crippen molar-refractivity contribution >= 4 is 17.8 Å². The average molecular weight is 292 g/mol. The van der Waals surface area contributed by atoms with Gasteiger partial charge in [0.1, 0.15) is 6.04 Å². The fraction of sp³-hybridized carbons (Fsp3) is 0.400. The van der Waals surface area contributed by atoms with Gasteiger partial charge in [-0.15, -0.1) is 0 Å². The summed E-state index contributed by atoms with van der Waals surface area (Å²) in [4.78, 5) is 34.1. The molecule has 0 saturated carbocycles. The van der Waals surface area contributed by atoms with Gasteiger partial charge in [-0.1, -0.05) is 37.3 Å². The summed E-state index contributed by atoms with van der Waals surface area (Å²) in [5.41, 5.74) is 0.820. The Kier molecular flexibility index (Phi) is 6.94. The first kappa shape index (κ1) is 16.7. The van der Waals surface area contributed by atoms with Gasteiger partial charge in [-0.3, -0.25) is 9.59 Å². The van der Waals surface area contributed by atoms with E-state index in [0.717, 1.165) is 5.56 Å². The number of aliphatic carboxylic acids is 1. The SMILES string of the molecule is CCCC(=O)NCC(=O)NC(Cc1ccccc1)C(=O)O. The zero-order valence-corrected chi connectivity index (χ0v) is 12.0. The molecule has 114 valence electrons. The van der Waals surface area contributed by atoms with Gasteiger partial charge in [-0.25, -0.2) is 4.79 Å². The monoisotopic (exact) mass is 292 g/mol. The second-order valence-electron chi connectivity index (χ2n) is 4.67. The molecule has 1 aromatic carbocycles. The van der Waals surface area contributed by atoms with E-state index in [1.165, 1.54) is 0 Å². The lowest BCUT2D eigenvalue weighted by molar-refractivity contribution is -0.141. The number of carboxylic acids is 1. The first-order valence-electron chi connectivity index (χ1n) is 6.85. The number of carbonyl (C=O) groups excluding carboxylic acids is 2. The van der Waals surface area contributed by atoms with Gasteiger partial charge in [0.25, 0.3) is 0 Å². The van der Waals surface area contributed by atoms with Crippen molar-refractivity contribution in [2.45, 2.75) is 32.2 Å². The summed E-state index contributed by atoms with van der Waals surface area (Å²) in [7, 11) is 0. The number of amides is 2. The average Bonchev–Trinajstić information content (AvgIpc) is 2.46. The van der Waals surface area contributed by atoms with Crippen LogP contribution in [0.1, 0.15) is 25.3 Å². The van der Waals surface area contributed by atoms with Crippen LogP contribution in [-0.2, 0) is 20.8 Å². The second kappa shape index (κ2) is 8.73. The normalized spacial score (nSPS) is 11.5. The van der Waals surface area contributed by atoms with Crippen LogP contribution in [0.25, 0.3) is 0 Å². The van der Waals surface area contributed by atoms with Crippen molar-refractivity contribution in [3.63, 3.8) is 0 Å². The van der Waals surface area contributed by atoms with E-state index < -0.39 is 17.9 Å². The summed E-state index contributed by atoms with van der Waals surface area (Å²) in [5, 5.41) is 14.0. The molecular formula is C15H20N2O4. The zero-order chi connectivity index (χ0) is 15.7. The van der Waals surface area contributed by atoms with Crippen LogP contribution in [-0.4, -0.2) is 35.5 Å². The van der Waals surface area contributed by atoms with Crippen LogP contribution in [0.15, 0.2) is 30.3 Å². The van der Waals surface area contributed by atoms with Crippen molar-refractivity contribution in [2.75, 3.05) is 6.54 Å². The summed E-state index contributed by atoms with van der Waals surface area (Å²) >= 11 is 0. The summed E-state index contributed by atoms with van der Waals surface area (Å²) in [6, 6.07) is 8.03. The molecule has 0 heterocycles. The van der Waals surface area contributed by atoms with Crippen molar-refractivity contribution in [3.05, 3.63) is 35.9 Å². The van der Waals surface area contributed by atoms with Gasteiger partial charge in [0.2, 0.25) is 11.8 Å². The molecule has 1 rings (SSSR count). The molecule has 0 aromatic heterocycles. The molecule has 0 aliphatic rings. The minimum atomic E-state index is -1.10. The highest BCUT2D eigenvalue weighted by molar-refractivity contribution is 5.87. The van der Waals surface area contributed by atoms with E-state index in [4.69, 9.17) is 5.11 Å².